The number of amides is 1. The van der Waals surface area contributed by atoms with Crippen molar-refractivity contribution in [3.63, 3.8) is 0 Å². The molecule has 4 rings (SSSR count). The van der Waals surface area contributed by atoms with Crippen molar-refractivity contribution in [1.82, 2.24) is 4.90 Å². The highest BCUT2D eigenvalue weighted by Crippen LogP contribution is 2.47. The van der Waals surface area contributed by atoms with Gasteiger partial charge in [0.15, 0.2) is 6.29 Å². The van der Waals surface area contributed by atoms with Gasteiger partial charge in [-0.15, -0.1) is 0 Å². The first-order valence-corrected chi connectivity index (χ1v) is 13.5. The minimum atomic E-state index is -1.65. The number of aliphatic hydroxyl groups is 5. The lowest BCUT2D eigenvalue weighted by Crippen LogP contribution is -2.64. The third-order valence-corrected chi connectivity index (χ3v) is 8.17. The average Bonchev–Trinajstić information content (AvgIpc) is 3.18. The number of carbonyl (C=O) groups excluding carboxylic acids is 1. The zero-order valence-corrected chi connectivity index (χ0v) is 23.0. The van der Waals surface area contributed by atoms with Gasteiger partial charge in [0.25, 0.3) is 5.91 Å². The number of aromatic hydroxyl groups is 1. The number of nitrogens with zero attached hydrogens (tertiary/aromatic N) is 1. The summed E-state index contributed by atoms with van der Waals surface area (Å²) >= 11 is 0. The monoisotopic (exact) mass is 547 g/mol. The van der Waals surface area contributed by atoms with Gasteiger partial charge in [-0.25, -0.2) is 0 Å². The number of hydrogen-bond acceptors (Lipinski definition) is 9. The second kappa shape index (κ2) is 11.6. The molecule has 6 N–H and O–H groups in total. The van der Waals surface area contributed by atoms with E-state index in [-0.39, 0.29) is 24.3 Å². The van der Waals surface area contributed by atoms with Crippen molar-refractivity contribution in [1.29, 1.82) is 0 Å². The summed E-state index contributed by atoms with van der Waals surface area (Å²) in [6.45, 7) is 7.36. The van der Waals surface area contributed by atoms with Crippen LogP contribution in [0.1, 0.15) is 74.9 Å². The van der Waals surface area contributed by atoms with Crippen molar-refractivity contribution in [3.8, 4) is 11.5 Å². The van der Waals surface area contributed by atoms with E-state index < -0.39 is 54.9 Å². The minimum absolute atomic E-state index is 0.0645. The normalized spacial score (nSPS) is 32.5. The molecule has 0 radical (unpaired) electrons. The minimum Gasteiger partial charge on any atom is -0.508 e. The van der Waals surface area contributed by atoms with Crippen LogP contribution >= 0.6 is 0 Å². The predicted molar refractivity (Wildman–Crippen MR) is 142 cm³/mol. The SMILES string of the molecule is CC(C)=CCCC(C)=CCC[C@]1(C)Oc2c(c(O)cc3c2CN([C@H]2C(O)O[C@H](CO)[C@@H](O)[C@@H]2O)C3=O)C[C@@H]1O. The van der Waals surface area contributed by atoms with Crippen LogP contribution in [-0.4, -0.2) is 90.4 Å². The predicted octanol–water partition coefficient (Wildman–Crippen LogP) is 1.68. The molecule has 1 amide bonds. The Kier molecular flexibility index (Phi) is 8.75. The molecular weight excluding hydrogens is 506 g/mol. The van der Waals surface area contributed by atoms with Crippen LogP contribution in [0.3, 0.4) is 0 Å². The van der Waals surface area contributed by atoms with Crippen molar-refractivity contribution in [2.75, 3.05) is 6.61 Å². The lowest BCUT2D eigenvalue weighted by molar-refractivity contribution is -0.268. The largest absolute Gasteiger partial charge is 0.508 e. The van der Waals surface area contributed by atoms with E-state index in [0.717, 1.165) is 12.8 Å². The number of carbonyl (C=O) groups is 1. The van der Waals surface area contributed by atoms with Crippen LogP contribution in [0.2, 0.25) is 0 Å². The number of ether oxygens (including phenoxy) is 2. The maximum Gasteiger partial charge on any atom is 0.255 e. The van der Waals surface area contributed by atoms with Crippen LogP contribution < -0.4 is 4.74 Å². The van der Waals surface area contributed by atoms with Gasteiger partial charge in [-0.05, 0) is 59.4 Å². The molecule has 216 valence electrons. The van der Waals surface area contributed by atoms with Gasteiger partial charge in [-0.1, -0.05) is 23.3 Å². The average molecular weight is 548 g/mol. The molecule has 0 saturated carbocycles. The first-order valence-electron chi connectivity index (χ1n) is 13.5. The first-order chi connectivity index (χ1) is 18.4. The van der Waals surface area contributed by atoms with Gasteiger partial charge in [-0.3, -0.25) is 4.79 Å². The van der Waals surface area contributed by atoms with Gasteiger partial charge >= 0.3 is 0 Å². The topological polar surface area (TPSA) is 160 Å². The standard InChI is InChI=1S/C29H41NO9/c1-15(2)7-5-8-16(3)9-6-10-29(4)22(33)12-18-20(32)11-17-19(26(18)39-29)13-30(27(17)36)23-25(35)24(34)21(14-31)38-28(23)37/h7,9,11,21-25,28,31-35,37H,5-6,8,10,12-14H2,1-4H3/t21-,22+,23-,24-,25-,28?,29+/m1/s1. The number of hydrogen-bond donors (Lipinski definition) is 6. The first kappa shape index (κ1) is 29.5. The summed E-state index contributed by atoms with van der Waals surface area (Å²) in [5.74, 6) is -0.445. The Labute approximate surface area is 228 Å². The van der Waals surface area contributed by atoms with Gasteiger partial charge in [0, 0.05) is 17.5 Å². The molecule has 0 bridgehead atoms. The number of fused-ring (bicyclic) bond motifs is 3. The highest BCUT2D eigenvalue weighted by atomic mass is 16.6. The van der Waals surface area contributed by atoms with Crippen LogP contribution in [0.15, 0.2) is 29.4 Å². The van der Waals surface area contributed by atoms with Gasteiger partial charge in [0.05, 0.1) is 24.8 Å². The highest BCUT2D eigenvalue weighted by molar-refractivity contribution is 6.00. The van der Waals surface area contributed by atoms with Crippen molar-refractivity contribution < 1.29 is 44.9 Å². The van der Waals surface area contributed by atoms with E-state index in [1.807, 2.05) is 6.92 Å². The van der Waals surface area contributed by atoms with E-state index in [1.165, 1.54) is 22.1 Å². The fraction of sp³-hybridized carbons (Fsp3) is 0.621. The smallest absolute Gasteiger partial charge is 0.255 e. The molecule has 39 heavy (non-hydrogen) atoms. The third-order valence-electron chi connectivity index (χ3n) is 8.17. The Morgan fingerprint density at radius 1 is 1.10 bits per heavy atom. The summed E-state index contributed by atoms with van der Waals surface area (Å²) in [5.41, 5.74) is 2.57. The molecule has 10 nitrogen and oxygen atoms in total. The zero-order chi connectivity index (χ0) is 28.6. The lowest BCUT2D eigenvalue weighted by atomic mass is 9.84. The third kappa shape index (κ3) is 5.73. The quantitative estimate of drug-likeness (QED) is 0.266. The van der Waals surface area contributed by atoms with E-state index in [9.17, 15) is 35.4 Å². The number of allylic oxidation sites excluding steroid dienone is 4. The number of aliphatic hydroxyl groups excluding tert-OH is 5. The molecule has 0 spiro atoms. The van der Waals surface area contributed by atoms with E-state index in [4.69, 9.17) is 9.47 Å². The van der Waals surface area contributed by atoms with Crippen molar-refractivity contribution in [2.24, 2.45) is 0 Å². The second-order valence-electron chi connectivity index (χ2n) is 11.4. The van der Waals surface area contributed by atoms with Crippen LogP contribution in [0.25, 0.3) is 0 Å². The Morgan fingerprint density at radius 2 is 1.82 bits per heavy atom. The number of phenolic OH excluding ortho intramolecular Hbond substituents is 1. The molecule has 7 atom stereocenters. The lowest BCUT2D eigenvalue weighted by Gasteiger charge is -2.44. The summed E-state index contributed by atoms with van der Waals surface area (Å²) < 4.78 is 11.6. The fourth-order valence-corrected chi connectivity index (χ4v) is 5.68. The molecular formula is C29H41NO9. The van der Waals surface area contributed by atoms with E-state index in [1.54, 1.807) is 0 Å². The second-order valence-corrected chi connectivity index (χ2v) is 11.4. The Bertz CT molecular complexity index is 1140. The summed E-state index contributed by atoms with van der Waals surface area (Å²) in [6, 6.07) is 0.00365. The summed E-state index contributed by atoms with van der Waals surface area (Å²) in [5, 5.41) is 62.6. The van der Waals surface area contributed by atoms with Gasteiger partial charge in [-0.2, -0.15) is 0 Å². The van der Waals surface area contributed by atoms with Crippen LogP contribution in [0, 0.1) is 0 Å². The summed E-state index contributed by atoms with van der Waals surface area (Å²) in [6.07, 6.45) is 0.760. The Balaban J connectivity index is 1.55. The molecule has 1 saturated heterocycles. The van der Waals surface area contributed by atoms with E-state index in [2.05, 4.69) is 32.9 Å². The van der Waals surface area contributed by atoms with Crippen molar-refractivity contribution in [3.05, 3.63) is 46.1 Å². The van der Waals surface area contributed by atoms with Crippen LogP contribution in [-0.2, 0) is 17.7 Å². The molecule has 3 aliphatic heterocycles. The van der Waals surface area contributed by atoms with E-state index in [0.29, 0.717) is 29.7 Å². The maximum atomic E-state index is 13.4. The number of benzene rings is 1. The van der Waals surface area contributed by atoms with E-state index >= 15 is 0 Å². The molecule has 3 heterocycles. The van der Waals surface area contributed by atoms with Gasteiger partial charge in [0.1, 0.15) is 41.5 Å². The highest BCUT2D eigenvalue weighted by Gasteiger charge is 2.51. The fourth-order valence-electron chi connectivity index (χ4n) is 5.68. The molecule has 0 aliphatic carbocycles. The number of phenols is 1. The number of rotatable bonds is 8. The van der Waals surface area contributed by atoms with Crippen LogP contribution in [0.5, 0.6) is 11.5 Å². The van der Waals surface area contributed by atoms with Crippen molar-refractivity contribution in [2.45, 2.75) is 109 Å². The molecule has 1 aromatic carbocycles. The van der Waals surface area contributed by atoms with Gasteiger partial charge < -0.3 is 45.0 Å². The molecule has 1 aromatic rings. The molecule has 1 unspecified atom stereocenters. The zero-order valence-electron chi connectivity index (χ0n) is 23.0. The van der Waals surface area contributed by atoms with Gasteiger partial charge in [0.2, 0.25) is 0 Å². The molecule has 0 aromatic heterocycles. The molecule has 10 heteroatoms. The molecule has 1 fully saturated rings. The summed E-state index contributed by atoms with van der Waals surface area (Å²) in [7, 11) is 0. The Morgan fingerprint density at radius 3 is 2.49 bits per heavy atom. The maximum absolute atomic E-state index is 13.4. The molecule has 3 aliphatic rings. The summed E-state index contributed by atoms with van der Waals surface area (Å²) in [4.78, 5) is 14.6. The van der Waals surface area contributed by atoms with Crippen LogP contribution in [0.4, 0.5) is 0 Å². The van der Waals surface area contributed by atoms with Crippen molar-refractivity contribution >= 4 is 5.91 Å². The Hall–Kier alpha value is -2.47.